The van der Waals surface area contributed by atoms with Crippen molar-refractivity contribution in [3.05, 3.63) is 0 Å². The smallest absolute Gasteiger partial charge is 0.208 e. The first kappa shape index (κ1) is 16.9. The molecule has 4 nitrogen and oxygen atoms in total. The van der Waals surface area contributed by atoms with E-state index in [9.17, 15) is 8.42 Å². The molecule has 0 atom stereocenters. The van der Waals surface area contributed by atoms with Gasteiger partial charge in [0.2, 0.25) is 10.0 Å². The van der Waals surface area contributed by atoms with E-state index in [1.165, 1.54) is 25.5 Å². The van der Waals surface area contributed by atoms with E-state index in [2.05, 4.69) is 37.7 Å². The van der Waals surface area contributed by atoms with E-state index in [0.717, 1.165) is 13.0 Å². The van der Waals surface area contributed by atoms with Gasteiger partial charge in [-0.05, 0) is 43.1 Å². The van der Waals surface area contributed by atoms with E-state index < -0.39 is 10.0 Å². The molecule has 1 fully saturated rings. The molecule has 0 radical (unpaired) electrons. The fourth-order valence-electron chi connectivity index (χ4n) is 3.64. The van der Waals surface area contributed by atoms with Crippen molar-refractivity contribution < 1.29 is 8.42 Å². The van der Waals surface area contributed by atoms with Crippen LogP contribution in [-0.2, 0) is 10.0 Å². The lowest BCUT2D eigenvalue weighted by molar-refractivity contribution is 0.0852. The molecule has 1 aliphatic carbocycles. The molecular weight excluding hydrogens is 260 g/mol. The van der Waals surface area contributed by atoms with Crippen molar-refractivity contribution in [3.63, 3.8) is 0 Å². The highest BCUT2D eigenvalue weighted by Gasteiger charge is 2.37. The average Bonchev–Trinajstić information content (AvgIpc) is 2.09. The second-order valence-electron chi connectivity index (χ2n) is 7.58. The van der Waals surface area contributed by atoms with Crippen LogP contribution in [-0.4, -0.2) is 33.8 Å². The molecule has 0 spiro atoms. The molecule has 114 valence electrons. The second-order valence-corrected chi connectivity index (χ2v) is 9.42. The highest BCUT2D eigenvalue weighted by atomic mass is 32.2. The monoisotopic (exact) mass is 290 g/mol. The van der Waals surface area contributed by atoms with Crippen LogP contribution in [0.15, 0.2) is 0 Å². The van der Waals surface area contributed by atoms with Crippen molar-refractivity contribution in [1.29, 1.82) is 0 Å². The van der Waals surface area contributed by atoms with Crippen LogP contribution in [0.5, 0.6) is 0 Å². The maximum Gasteiger partial charge on any atom is 0.208 e. The zero-order valence-electron chi connectivity index (χ0n) is 13.0. The second kappa shape index (κ2) is 6.10. The summed E-state index contributed by atoms with van der Waals surface area (Å²) in [4.78, 5) is 0. The Hall–Kier alpha value is -0.130. The summed E-state index contributed by atoms with van der Waals surface area (Å²) in [5.74, 6) is 0. The summed E-state index contributed by atoms with van der Waals surface area (Å²) in [6.45, 7) is 10.8. The molecule has 0 unspecified atom stereocenters. The Morgan fingerprint density at radius 2 is 1.58 bits per heavy atom. The summed E-state index contributed by atoms with van der Waals surface area (Å²) >= 11 is 0. The standard InChI is InChI=1S/C14H30N2O2S/c1-13(2)9-12(10-14(3,4)11-13)15-7-6-8-16-19(5,17)18/h12,15-16H,6-11H2,1-5H3. The maximum absolute atomic E-state index is 10.9. The molecular formula is C14H30N2O2S. The van der Waals surface area contributed by atoms with E-state index in [0.29, 0.717) is 23.4 Å². The van der Waals surface area contributed by atoms with Crippen LogP contribution in [0.4, 0.5) is 0 Å². The van der Waals surface area contributed by atoms with Gasteiger partial charge in [-0.25, -0.2) is 13.1 Å². The quantitative estimate of drug-likeness (QED) is 0.737. The summed E-state index contributed by atoms with van der Waals surface area (Å²) in [6.07, 6.45) is 5.72. The van der Waals surface area contributed by atoms with Crippen molar-refractivity contribution >= 4 is 10.0 Å². The number of nitrogens with one attached hydrogen (secondary N) is 2. The highest BCUT2D eigenvalue weighted by molar-refractivity contribution is 7.88. The fraction of sp³-hybridized carbons (Fsp3) is 1.00. The van der Waals surface area contributed by atoms with E-state index >= 15 is 0 Å². The van der Waals surface area contributed by atoms with Crippen LogP contribution in [0.25, 0.3) is 0 Å². The Morgan fingerprint density at radius 3 is 2.05 bits per heavy atom. The van der Waals surface area contributed by atoms with E-state index in [1.54, 1.807) is 0 Å². The van der Waals surface area contributed by atoms with E-state index in [1.807, 2.05) is 0 Å². The largest absolute Gasteiger partial charge is 0.314 e. The third kappa shape index (κ3) is 7.28. The van der Waals surface area contributed by atoms with E-state index in [-0.39, 0.29) is 0 Å². The van der Waals surface area contributed by atoms with Crippen molar-refractivity contribution in [1.82, 2.24) is 10.0 Å². The van der Waals surface area contributed by atoms with Gasteiger partial charge in [0.1, 0.15) is 0 Å². The van der Waals surface area contributed by atoms with Gasteiger partial charge in [-0.15, -0.1) is 0 Å². The number of hydrogen-bond donors (Lipinski definition) is 2. The molecule has 0 heterocycles. The normalized spacial score (nSPS) is 23.4. The topological polar surface area (TPSA) is 58.2 Å². The van der Waals surface area contributed by atoms with Crippen LogP contribution < -0.4 is 10.0 Å². The van der Waals surface area contributed by atoms with Gasteiger partial charge in [0.15, 0.2) is 0 Å². The molecule has 0 bridgehead atoms. The van der Waals surface area contributed by atoms with Crippen LogP contribution in [0, 0.1) is 10.8 Å². The van der Waals surface area contributed by atoms with Gasteiger partial charge in [0.25, 0.3) is 0 Å². The fourth-order valence-corrected chi connectivity index (χ4v) is 4.16. The molecule has 0 aromatic heterocycles. The van der Waals surface area contributed by atoms with Crippen molar-refractivity contribution in [2.45, 2.75) is 59.4 Å². The predicted molar refractivity (Wildman–Crippen MR) is 80.7 cm³/mol. The summed E-state index contributed by atoms with van der Waals surface area (Å²) in [5.41, 5.74) is 0.787. The zero-order valence-corrected chi connectivity index (χ0v) is 13.9. The molecule has 1 aliphatic rings. The van der Waals surface area contributed by atoms with Crippen molar-refractivity contribution in [2.24, 2.45) is 10.8 Å². The molecule has 0 amide bonds. The third-order valence-corrected chi connectivity index (χ3v) is 4.43. The lowest BCUT2D eigenvalue weighted by atomic mass is 9.63. The van der Waals surface area contributed by atoms with E-state index in [4.69, 9.17) is 0 Å². The first-order valence-electron chi connectivity index (χ1n) is 7.17. The van der Waals surface area contributed by atoms with Crippen LogP contribution in [0.3, 0.4) is 0 Å². The molecule has 0 saturated heterocycles. The minimum atomic E-state index is -3.04. The Bertz CT molecular complexity index is 372. The Morgan fingerprint density at radius 1 is 1.05 bits per heavy atom. The lowest BCUT2D eigenvalue weighted by Gasteiger charge is -2.45. The van der Waals surface area contributed by atoms with Gasteiger partial charge >= 0.3 is 0 Å². The summed E-state index contributed by atoms with van der Waals surface area (Å²) in [5, 5.41) is 3.58. The minimum Gasteiger partial charge on any atom is -0.314 e. The first-order valence-corrected chi connectivity index (χ1v) is 9.06. The van der Waals surface area contributed by atoms with Gasteiger partial charge < -0.3 is 5.32 Å². The number of hydrogen-bond acceptors (Lipinski definition) is 3. The summed E-state index contributed by atoms with van der Waals surface area (Å²) < 4.78 is 24.4. The average molecular weight is 290 g/mol. The summed E-state index contributed by atoms with van der Waals surface area (Å²) in [7, 11) is -3.04. The van der Waals surface area contributed by atoms with Gasteiger partial charge in [-0.3, -0.25) is 0 Å². The maximum atomic E-state index is 10.9. The molecule has 5 heteroatoms. The number of sulfonamides is 1. The zero-order chi connectivity index (χ0) is 14.7. The molecule has 0 aromatic rings. The SMILES string of the molecule is CC1(C)CC(NCCCNS(C)(=O)=O)CC(C)(C)C1. The van der Waals surface area contributed by atoms with Crippen LogP contribution in [0.1, 0.15) is 53.4 Å². The van der Waals surface area contributed by atoms with Crippen molar-refractivity contribution in [3.8, 4) is 0 Å². The predicted octanol–water partition coefficient (Wildman–Crippen LogP) is 2.12. The molecule has 2 N–H and O–H groups in total. The lowest BCUT2D eigenvalue weighted by Crippen LogP contribution is -2.44. The van der Waals surface area contributed by atoms with Crippen LogP contribution in [0.2, 0.25) is 0 Å². The molecule has 0 aromatic carbocycles. The molecule has 0 aliphatic heterocycles. The summed E-state index contributed by atoms with van der Waals surface area (Å²) in [6, 6.07) is 0.553. The molecule has 1 saturated carbocycles. The molecule has 1 rings (SSSR count). The van der Waals surface area contributed by atoms with Crippen LogP contribution >= 0.6 is 0 Å². The third-order valence-electron chi connectivity index (χ3n) is 3.71. The van der Waals surface area contributed by atoms with Gasteiger partial charge in [0, 0.05) is 12.6 Å². The van der Waals surface area contributed by atoms with Gasteiger partial charge in [0.05, 0.1) is 6.26 Å². The number of rotatable bonds is 6. The minimum absolute atomic E-state index is 0.393. The Kier molecular flexibility index (Phi) is 5.43. The highest BCUT2D eigenvalue weighted by Crippen LogP contribution is 2.45. The van der Waals surface area contributed by atoms with Gasteiger partial charge in [-0.1, -0.05) is 27.7 Å². The van der Waals surface area contributed by atoms with Crippen molar-refractivity contribution in [2.75, 3.05) is 19.3 Å². The first-order chi connectivity index (χ1) is 8.49. The van der Waals surface area contributed by atoms with Gasteiger partial charge in [-0.2, -0.15) is 0 Å². The molecule has 19 heavy (non-hydrogen) atoms. The Balaban J connectivity index is 2.29. The Labute approximate surface area is 118 Å².